The van der Waals surface area contributed by atoms with Crippen LogP contribution < -0.4 is 20.1 Å². The first-order valence-corrected chi connectivity index (χ1v) is 7.77. The number of esters is 1. The van der Waals surface area contributed by atoms with Crippen LogP contribution in [0.1, 0.15) is 31.0 Å². The first kappa shape index (κ1) is 15.6. The Morgan fingerprint density at radius 1 is 1.35 bits per heavy atom. The smallest absolute Gasteiger partial charge is 0.338 e. The number of allylic oxidation sites excluding steroid dienone is 1. The Kier molecular flexibility index (Phi) is 4.12. The van der Waals surface area contributed by atoms with Crippen molar-refractivity contribution < 1.29 is 19.0 Å². The molecule has 0 saturated heterocycles. The lowest BCUT2D eigenvalue weighted by molar-refractivity contribution is -0.139. The molecular weight excluding hydrogens is 316 g/mol. The zero-order valence-corrected chi connectivity index (χ0v) is 14.0. The minimum absolute atomic E-state index is 0.204. The molecule has 2 heterocycles. The average molecular weight is 334 g/mol. The summed E-state index contributed by atoms with van der Waals surface area (Å²) in [6, 6.07) is 3.40. The molecule has 0 unspecified atom stereocenters. The largest absolute Gasteiger partial charge is 0.463 e. The Morgan fingerprint density at radius 3 is 2.74 bits per heavy atom. The van der Waals surface area contributed by atoms with E-state index in [0.29, 0.717) is 34.5 Å². The predicted molar refractivity (Wildman–Crippen MR) is 88.2 cm³/mol. The number of hydrogen-bond donors (Lipinski definition) is 2. The van der Waals surface area contributed by atoms with E-state index in [1.807, 2.05) is 26.0 Å². The average Bonchev–Trinajstić information content (AvgIpc) is 2.92. The number of fused-ring (bicyclic) bond motifs is 1. The van der Waals surface area contributed by atoms with E-state index in [1.54, 1.807) is 6.92 Å². The second-order valence-electron chi connectivity index (χ2n) is 5.35. The third-order valence-corrected chi connectivity index (χ3v) is 4.06. The van der Waals surface area contributed by atoms with Gasteiger partial charge in [-0.15, -0.1) is 0 Å². The van der Waals surface area contributed by atoms with Crippen LogP contribution in [0.25, 0.3) is 0 Å². The molecule has 0 aromatic heterocycles. The van der Waals surface area contributed by atoms with Crippen LogP contribution in [0.15, 0.2) is 23.4 Å². The van der Waals surface area contributed by atoms with Gasteiger partial charge in [0, 0.05) is 5.70 Å². The molecule has 7 heteroatoms. The van der Waals surface area contributed by atoms with Crippen molar-refractivity contribution in [3.8, 4) is 11.5 Å². The standard InChI is InChI=1S/C16H18N2O4S/c1-4-20-15(19)13-9(3)17-16(23)18-14(13)10-6-12-11(5-8(10)2)21-7-22-12/h5-6,14H,4,7H2,1-3H3,(H2,17,18,23)/t14-/m1/s1. The molecule has 0 saturated carbocycles. The molecule has 3 rings (SSSR count). The molecule has 1 aromatic carbocycles. The van der Waals surface area contributed by atoms with Gasteiger partial charge in [0.05, 0.1) is 18.2 Å². The van der Waals surface area contributed by atoms with Gasteiger partial charge in [-0.1, -0.05) is 0 Å². The Bertz CT molecular complexity index is 714. The van der Waals surface area contributed by atoms with E-state index in [4.69, 9.17) is 26.4 Å². The lowest BCUT2D eigenvalue weighted by atomic mass is 9.92. The van der Waals surface area contributed by atoms with E-state index in [-0.39, 0.29) is 12.8 Å². The van der Waals surface area contributed by atoms with Gasteiger partial charge < -0.3 is 24.8 Å². The van der Waals surface area contributed by atoms with Gasteiger partial charge in [-0.05, 0) is 56.2 Å². The molecule has 6 nitrogen and oxygen atoms in total. The molecular formula is C16H18N2O4S. The lowest BCUT2D eigenvalue weighted by Gasteiger charge is -2.30. The highest BCUT2D eigenvalue weighted by atomic mass is 32.1. The summed E-state index contributed by atoms with van der Waals surface area (Å²) in [5.41, 5.74) is 3.09. The molecule has 2 aliphatic heterocycles. The van der Waals surface area contributed by atoms with Gasteiger partial charge in [-0.2, -0.15) is 0 Å². The molecule has 0 bridgehead atoms. The number of nitrogens with one attached hydrogen (secondary N) is 2. The highest BCUT2D eigenvalue weighted by molar-refractivity contribution is 7.80. The molecule has 23 heavy (non-hydrogen) atoms. The first-order valence-electron chi connectivity index (χ1n) is 7.36. The maximum atomic E-state index is 12.4. The number of rotatable bonds is 3. The summed E-state index contributed by atoms with van der Waals surface area (Å²) < 4.78 is 16.0. The normalized spacial score (nSPS) is 19.3. The lowest BCUT2D eigenvalue weighted by Crippen LogP contribution is -2.45. The van der Waals surface area contributed by atoms with Gasteiger partial charge >= 0.3 is 5.97 Å². The van der Waals surface area contributed by atoms with Crippen LogP contribution in [-0.4, -0.2) is 24.5 Å². The number of ether oxygens (including phenoxy) is 3. The third kappa shape index (κ3) is 2.84. The van der Waals surface area contributed by atoms with Crippen molar-refractivity contribution >= 4 is 23.3 Å². The van der Waals surface area contributed by atoms with Crippen molar-refractivity contribution in [2.24, 2.45) is 0 Å². The molecule has 2 aliphatic rings. The fraction of sp³-hybridized carbons (Fsp3) is 0.375. The van der Waals surface area contributed by atoms with Crippen LogP contribution in [0.2, 0.25) is 0 Å². The maximum Gasteiger partial charge on any atom is 0.338 e. The van der Waals surface area contributed by atoms with Crippen LogP contribution in [-0.2, 0) is 9.53 Å². The van der Waals surface area contributed by atoms with Crippen LogP contribution in [0.3, 0.4) is 0 Å². The summed E-state index contributed by atoms with van der Waals surface area (Å²) in [7, 11) is 0. The van der Waals surface area contributed by atoms with E-state index < -0.39 is 6.04 Å². The second kappa shape index (κ2) is 6.08. The van der Waals surface area contributed by atoms with Crippen LogP contribution in [0.4, 0.5) is 0 Å². The minimum atomic E-state index is -0.391. The molecule has 2 N–H and O–H groups in total. The molecule has 1 atom stereocenters. The molecule has 0 radical (unpaired) electrons. The van der Waals surface area contributed by atoms with Gasteiger partial charge in [-0.3, -0.25) is 0 Å². The van der Waals surface area contributed by atoms with Crippen LogP contribution >= 0.6 is 12.2 Å². The molecule has 0 fully saturated rings. The number of benzene rings is 1. The van der Waals surface area contributed by atoms with Crippen molar-refractivity contribution in [1.82, 2.24) is 10.6 Å². The molecule has 122 valence electrons. The Labute approximate surface area is 139 Å². The monoisotopic (exact) mass is 334 g/mol. The van der Waals surface area contributed by atoms with Gasteiger partial charge in [0.15, 0.2) is 16.6 Å². The molecule has 0 amide bonds. The third-order valence-electron chi connectivity index (χ3n) is 3.84. The van der Waals surface area contributed by atoms with Gasteiger partial charge in [0.2, 0.25) is 6.79 Å². The summed E-state index contributed by atoms with van der Waals surface area (Å²) in [4.78, 5) is 12.4. The fourth-order valence-electron chi connectivity index (χ4n) is 2.78. The van der Waals surface area contributed by atoms with Crippen LogP contribution in [0.5, 0.6) is 11.5 Å². The molecule has 0 spiro atoms. The topological polar surface area (TPSA) is 68.8 Å². The van der Waals surface area contributed by atoms with Crippen molar-refractivity contribution in [2.45, 2.75) is 26.8 Å². The summed E-state index contributed by atoms with van der Waals surface area (Å²) in [6.45, 7) is 6.07. The van der Waals surface area contributed by atoms with Gasteiger partial charge in [-0.25, -0.2) is 4.79 Å². The second-order valence-corrected chi connectivity index (χ2v) is 5.76. The number of carbonyl (C=O) groups excluding carboxylic acids is 1. The summed E-state index contributed by atoms with van der Waals surface area (Å²) in [5, 5.41) is 6.60. The Balaban J connectivity index is 2.07. The Morgan fingerprint density at radius 2 is 2.04 bits per heavy atom. The van der Waals surface area contributed by atoms with E-state index in [2.05, 4.69) is 10.6 Å². The number of aryl methyl sites for hydroxylation is 1. The van der Waals surface area contributed by atoms with Gasteiger partial charge in [0.1, 0.15) is 0 Å². The summed E-state index contributed by atoms with van der Waals surface area (Å²) in [6.07, 6.45) is 0. The number of carbonyl (C=O) groups is 1. The zero-order valence-electron chi connectivity index (χ0n) is 13.2. The highest BCUT2D eigenvalue weighted by Crippen LogP contribution is 2.39. The first-order chi connectivity index (χ1) is 11.0. The molecule has 1 aromatic rings. The Hall–Kier alpha value is -2.28. The minimum Gasteiger partial charge on any atom is -0.463 e. The molecule has 0 aliphatic carbocycles. The number of thiocarbonyl (C=S) groups is 1. The van der Waals surface area contributed by atoms with Crippen LogP contribution in [0, 0.1) is 6.92 Å². The zero-order chi connectivity index (χ0) is 16.6. The summed E-state index contributed by atoms with van der Waals surface area (Å²) in [5.74, 6) is 1.01. The van der Waals surface area contributed by atoms with Crippen molar-refractivity contribution in [3.05, 3.63) is 34.5 Å². The highest BCUT2D eigenvalue weighted by Gasteiger charge is 2.33. The van der Waals surface area contributed by atoms with Crippen molar-refractivity contribution in [1.29, 1.82) is 0 Å². The van der Waals surface area contributed by atoms with E-state index >= 15 is 0 Å². The van der Waals surface area contributed by atoms with E-state index in [1.165, 1.54) is 0 Å². The SMILES string of the molecule is CCOC(=O)C1=C(C)NC(=S)N[C@@H]1c1cc2c(cc1C)OCO2. The fourth-order valence-corrected chi connectivity index (χ4v) is 3.05. The maximum absolute atomic E-state index is 12.4. The van der Waals surface area contributed by atoms with Gasteiger partial charge in [0.25, 0.3) is 0 Å². The predicted octanol–water partition coefficient (Wildman–Crippen LogP) is 2.08. The van der Waals surface area contributed by atoms with Crippen molar-refractivity contribution in [2.75, 3.05) is 13.4 Å². The summed E-state index contributed by atoms with van der Waals surface area (Å²) >= 11 is 5.24. The van der Waals surface area contributed by atoms with E-state index in [9.17, 15) is 4.79 Å². The quantitative estimate of drug-likeness (QED) is 0.648. The number of hydrogen-bond acceptors (Lipinski definition) is 5. The van der Waals surface area contributed by atoms with E-state index in [0.717, 1.165) is 11.1 Å². The van der Waals surface area contributed by atoms with Crippen molar-refractivity contribution in [3.63, 3.8) is 0 Å².